The molecule has 3 heteroatoms. The molecule has 0 bridgehead atoms. The largest absolute Gasteiger partial charge is 0.478 e. The van der Waals surface area contributed by atoms with E-state index in [0.29, 0.717) is 5.56 Å². The first-order chi connectivity index (χ1) is 11.0. The third kappa shape index (κ3) is 5.99. The van der Waals surface area contributed by atoms with Crippen molar-refractivity contribution in [1.82, 2.24) is 0 Å². The van der Waals surface area contributed by atoms with Crippen LogP contribution in [0.15, 0.2) is 48.1 Å². The van der Waals surface area contributed by atoms with Gasteiger partial charge in [-0.1, -0.05) is 45.1 Å². The van der Waals surface area contributed by atoms with Crippen molar-refractivity contribution in [2.75, 3.05) is 0 Å². The number of carbonyl (C=O) groups excluding carboxylic acids is 1. The standard InChI is InChI=1S/C21H26O3/c1-14(10-16(3)22)8-7-9-15(2)17-11-18(20(23)24)13-19(12-17)21(4,5)6/h7-13H,1-6H3,(H,23,24)/b8-7+,14-10+,15-9+. The highest BCUT2D eigenvalue weighted by atomic mass is 16.4. The van der Waals surface area contributed by atoms with Crippen LogP contribution in [0, 0.1) is 0 Å². The summed E-state index contributed by atoms with van der Waals surface area (Å²) in [7, 11) is 0. The van der Waals surface area contributed by atoms with Crippen molar-refractivity contribution in [3.05, 3.63) is 64.8 Å². The molecule has 0 aliphatic carbocycles. The summed E-state index contributed by atoms with van der Waals surface area (Å²) in [6.45, 7) is 11.5. The quantitative estimate of drug-likeness (QED) is 0.599. The fourth-order valence-corrected chi connectivity index (χ4v) is 2.22. The first-order valence-electron chi connectivity index (χ1n) is 7.94. The first kappa shape index (κ1) is 19.6. The average molecular weight is 326 g/mol. The lowest BCUT2D eigenvalue weighted by atomic mass is 9.84. The van der Waals surface area contributed by atoms with Crippen LogP contribution in [0.1, 0.15) is 63.0 Å². The van der Waals surface area contributed by atoms with Crippen molar-refractivity contribution in [2.45, 2.75) is 47.0 Å². The maximum absolute atomic E-state index is 11.4. The van der Waals surface area contributed by atoms with Gasteiger partial charge in [0.15, 0.2) is 5.78 Å². The second kappa shape index (κ2) is 7.91. The zero-order valence-electron chi connectivity index (χ0n) is 15.3. The normalized spacial score (nSPS) is 13.4. The van der Waals surface area contributed by atoms with Gasteiger partial charge in [0.2, 0.25) is 0 Å². The van der Waals surface area contributed by atoms with Crippen LogP contribution >= 0.6 is 0 Å². The summed E-state index contributed by atoms with van der Waals surface area (Å²) in [6.07, 6.45) is 7.22. The molecule has 3 nitrogen and oxygen atoms in total. The van der Waals surface area contributed by atoms with E-state index in [1.54, 1.807) is 18.2 Å². The maximum Gasteiger partial charge on any atom is 0.335 e. The second-order valence-corrected chi connectivity index (χ2v) is 7.06. The molecule has 0 unspecified atom stereocenters. The number of benzene rings is 1. The van der Waals surface area contributed by atoms with E-state index in [9.17, 15) is 14.7 Å². The van der Waals surface area contributed by atoms with Crippen LogP contribution in [-0.2, 0) is 10.2 Å². The van der Waals surface area contributed by atoms with Gasteiger partial charge < -0.3 is 5.11 Å². The smallest absolute Gasteiger partial charge is 0.335 e. The lowest BCUT2D eigenvalue weighted by Gasteiger charge is -2.21. The number of ketones is 1. The molecule has 0 spiro atoms. The summed E-state index contributed by atoms with van der Waals surface area (Å²) in [5, 5.41) is 9.34. The van der Waals surface area contributed by atoms with E-state index in [2.05, 4.69) is 20.8 Å². The topological polar surface area (TPSA) is 54.4 Å². The van der Waals surface area contributed by atoms with E-state index in [1.807, 2.05) is 38.1 Å². The zero-order chi connectivity index (χ0) is 18.5. The Morgan fingerprint density at radius 2 is 1.58 bits per heavy atom. The summed E-state index contributed by atoms with van der Waals surface area (Å²) in [6, 6.07) is 5.45. The molecule has 0 saturated carbocycles. The number of hydrogen-bond donors (Lipinski definition) is 1. The molecule has 0 heterocycles. The van der Waals surface area contributed by atoms with Crippen LogP contribution in [0.5, 0.6) is 0 Å². The molecule has 1 aromatic carbocycles. The number of rotatable bonds is 5. The van der Waals surface area contributed by atoms with Crippen molar-refractivity contribution >= 4 is 17.3 Å². The zero-order valence-corrected chi connectivity index (χ0v) is 15.3. The summed E-state index contributed by atoms with van der Waals surface area (Å²) in [5.74, 6) is -0.909. The predicted molar refractivity (Wildman–Crippen MR) is 99.3 cm³/mol. The van der Waals surface area contributed by atoms with Crippen LogP contribution in [0.25, 0.3) is 5.57 Å². The molecular formula is C21H26O3. The van der Waals surface area contributed by atoms with Gasteiger partial charge in [-0.2, -0.15) is 0 Å². The molecule has 0 aliphatic heterocycles. The van der Waals surface area contributed by atoms with E-state index in [1.165, 1.54) is 6.92 Å². The molecule has 0 saturated heterocycles. The van der Waals surface area contributed by atoms with Crippen LogP contribution in [-0.4, -0.2) is 16.9 Å². The van der Waals surface area contributed by atoms with Gasteiger partial charge in [0.25, 0.3) is 0 Å². The highest BCUT2D eigenvalue weighted by Gasteiger charge is 2.17. The molecule has 0 fully saturated rings. The third-order valence-electron chi connectivity index (χ3n) is 3.64. The van der Waals surface area contributed by atoms with Crippen LogP contribution in [0.2, 0.25) is 0 Å². The molecule has 1 aromatic rings. The van der Waals surface area contributed by atoms with Gasteiger partial charge in [-0.3, -0.25) is 4.79 Å². The Bertz CT molecular complexity index is 726. The van der Waals surface area contributed by atoms with E-state index in [4.69, 9.17) is 0 Å². The SMILES string of the molecule is CC(=O)/C=C(C)/C=C/C=C(\C)c1cc(C(=O)O)cc(C(C)(C)C)c1. The highest BCUT2D eigenvalue weighted by molar-refractivity contribution is 5.89. The van der Waals surface area contributed by atoms with E-state index in [0.717, 1.165) is 22.3 Å². The Morgan fingerprint density at radius 3 is 2.08 bits per heavy atom. The number of carboxylic acids is 1. The van der Waals surface area contributed by atoms with E-state index >= 15 is 0 Å². The molecule has 1 N–H and O–H groups in total. The van der Waals surface area contributed by atoms with Gasteiger partial charge in [-0.15, -0.1) is 0 Å². The summed E-state index contributed by atoms with van der Waals surface area (Å²) in [4.78, 5) is 22.4. The van der Waals surface area contributed by atoms with Gasteiger partial charge in [-0.25, -0.2) is 4.79 Å². The minimum absolute atomic E-state index is 0.0156. The minimum atomic E-state index is -0.925. The molecule has 128 valence electrons. The molecule has 0 aliphatic rings. The van der Waals surface area contributed by atoms with Gasteiger partial charge in [0.05, 0.1) is 5.56 Å². The minimum Gasteiger partial charge on any atom is -0.478 e. The van der Waals surface area contributed by atoms with Gasteiger partial charge in [0, 0.05) is 0 Å². The molecule has 1 rings (SSSR count). The first-order valence-corrected chi connectivity index (χ1v) is 7.94. The highest BCUT2D eigenvalue weighted by Crippen LogP contribution is 2.27. The Hall–Kier alpha value is -2.42. The van der Waals surface area contributed by atoms with Crippen LogP contribution in [0.4, 0.5) is 0 Å². The predicted octanol–water partition coefficient (Wildman–Crippen LogP) is 5.18. The van der Waals surface area contributed by atoms with Crippen molar-refractivity contribution < 1.29 is 14.7 Å². The Balaban J connectivity index is 3.22. The Morgan fingerprint density at radius 1 is 1.00 bits per heavy atom. The van der Waals surface area contributed by atoms with Crippen LogP contribution < -0.4 is 0 Å². The summed E-state index contributed by atoms with van der Waals surface area (Å²) in [5.41, 5.74) is 3.88. The molecule has 0 aromatic heterocycles. The van der Waals surface area contributed by atoms with E-state index < -0.39 is 5.97 Å². The number of aromatic carboxylic acids is 1. The number of allylic oxidation sites excluding steroid dienone is 6. The monoisotopic (exact) mass is 326 g/mol. The van der Waals surface area contributed by atoms with Crippen molar-refractivity contribution in [1.29, 1.82) is 0 Å². The molecular weight excluding hydrogens is 300 g/mol. The summed E-state index contributed by atoms with van der Waals surface area (Å²) >= 11 is 0. The Kier molecular flexibility index (Phi) is 6.47. The van der Waals surface area contributed by atoms with Crippen molar-refractivity contribution in [3.63, 3.8) is 0 Å². The number of carbonyl (C=O) groups is 2. The lowest BCUT2D eigenvalue weighted by molar-refractivity contribution is -0.112. The van der Waals surface area contributed by atoms with E-state index in [-0.39, 0.29) is 11.2 Å². The summed E-state index contributed by atoms with van der Waals surface area (Å²) < 4.78 is 0. The molecule has 0 atom stereocenters. The average Bonchev–Trinajstić information content (AvgIpc) is 2.44. The fraction of sp³-hybridized carbons (Fsp3) is 0.333. The van der Waals surface area contributed by atoms with Crippen LogP contribution in [0.3, 0.4) is 0 Å². The number of carboxylic acid groups (broad SMARTS) is 1. The Labute approximate surface area is 144 Å². The lowest BCUT2D eigenvalue weighted by Crippen LogP contribution is -2.13. The van der Waals surface area contributed by atoms with Gasteiger partial charge in [-0.05, 0) is 66.7 Å². The maximum atomic E-state index is 11.4. The van der Waals surface area contributed by atoms with Gasteiger partial charge >= 0.3 is 5.97 Å². The molecule has 0 amide bonds. The van der Waals surface area contributed by atoms with Gasteiger partial charge in [0.1, 0.15) is 0 Å². The molecule has 24 heavy (non-hydrogen) atoms. The number of hydrogen-bond acceptors (Lipinski definition) is 2. The van der Waals surface area contributed by atoms with Crippen molar-refractivity contribution in [3.8, 4) is 0 Å². The fourth-order valence-electron chi connectivity index (χ4n) is 2.22. The third-order valence-corrected chi connectivity index (χ3v) is 3.64. The second-order valence-electron chi connectivity index (χ2n) is 7.06. The molecule has 0 radical (unpaired) electrons. The van der Waals surface area contributed by atoms with Crippen molar-refractivity contribution in [2.24, 2.45) is 0 Å².